The summed E-state index contributed by atoms with van der Waals surface area (Å²) in [7, 11) is 0. The highest BCUT2D eigenvalue weighted by Crippen LogP contribution is 2.26. The van der Waals surface area contributed by atoms with Crippen molar-refractivity contribution in [3.8, 4) is 10.6 Å². The number of hydrogen-bond acceptors (Lipinski definition) is 4. The first-order valence-electron chi connectivity index (χ1n) is 6.55. The van der Waals surface area contributed by atoms with E-state index in [-0.39, 0.29) is 12.5 Å². The Morgan fingerprint density at radius 2 is 2.36 bits per heavy atom. The van der Waals surface area contributed by atoms with E-state index < -0.39 is 0 Å². The van der Waals surface area contributed by atoms with Crippen molar-refractivity contribution >= 4 is 34.7 Å². The van der Waals surface area contributed by atoms with Crippen molar-refractivity contribution in [2.45, 2.75) is 6.54 Å². The van der Waals surface area contributed by atoms with Gasteiger partial charge in [-0.1, -0.05) is 17.7 Å². The maximum atomic E-state index is 12.2. The van der Waals surface area contributed by atoms with Crippen molar-refractivity contribution in [2.24, 2.45) is 0 Å². The second-order valence-corrected chi connectivity index (χ2v) is 5.91. The van der Waals surface area contributed by atoms with Gasteiger partial charge in [-0.3, -0.25) is 4.79 Å². The van der Waals surface area contributed by atoms with E-state index in [4.69, 9.17) is 16.7 Å². The number of aromatic nitrogens is 3. The van der Waals surface area contributed by atoms with Crippen LogP contribution >= 0.6 is 22.9 Å². The molecule has 0 bridgehead atoms. The average molecular weight is 337 g/mol. The first kappa shape index (κ1) is 14.8. The molecule has 0 unspecified atom stereocenters. The van der Waals surface area contributed by atoms with E-state index in [0.29, 0.717) is 23.1 Å². The molecule has 3 aromatic rings. The number of carbonyl (C=O) groups is 1. The van der Waals surface area contributed by atoms with Gasteiger partial charge in [0.05, 0.1) is 23.1 Å². The van der Waals surface area contributed by atoms with Gasteiger partial charge in [-0.2, -0.15) is 5.10 Å². The lowest BCUT2D eigenvalue weighted by molar-refractivity contribution is 0.102. The van der Waals surface area contributed by atoms with E-state index in [2.05, 4.69) is 15.4 Å². The molecule has 0 spiro atoms. The van der Waals surface area contributed by atoms with Gasteiger partial charge in [-0.25, -0.2) is 4.68 Å². The van der Waals surface area contributed by atoms with Gasteiger partial charge < -0.3 is 15.4 Å². The van der Waals surface area contributed by atoms with Crippen LogP contribution in [0.25, 0.3) is 10.6 Å². The highest BCUT2D eigenvalue weighted by atomic mass is 35.5. The van der Waals surface area contributed by atoms with E-state index in [1.165, 1.54) is 0 Å². The zero-order valence-corrected chi connectivity index (χ0v) is 13.0. The number of aromatic amines is 1. The lowest BCUT2D eigenvalue weighted by Gasteiger charge is -2.06. The van der Waals surface area contributed by atoms with Crippen molar-refractivity contribution < 1.29 is 9.90 Å². The zero-order valence-electron chi connectivity index (χ0n) is 11.4. The van der Waals surface area contributed by atoms with Crippen LogP contribution in [-0.4, -0.2) is 32.4 Å². The molecule has 3 aromatic heterocycles. The smallest absolute Gasteiger partial charge is 0.273 e. The van der Waals surface area contributed by atoms with Gasteiger partial charge in [0.15, 0.2) is 0 Å². The summed E-state index contributed by atoms with van der Waals surface area (Å²) in [6.45, 7) is 0.231. The van der Waals surface area contributed by atoms with Gasteiger partial charge in [0, 0.05) is 12.3 Å². The summed E-state index contributed by atoms with van der Waals surface area (Å²) < 4.78 is 1.57. The van der Waals surface area contributed by atoms with Crippen LogP contribution in [0.1, 0.15) is 10.5 Å². The van der Waals surface area contributed by atoms with Crippen LogP contribution in [-0.2, 0) is 6.54 Å². The van der Waals surface area contributed by atoms with Crippen molar-refractivity contribution in [3.63, 3.8) is 0 Å². The maximum absolute atomic E-state index is 12.2. The second kappa shape index (κ2) is 6.35. The lowest BCUT2D eigenvalue weighted by Crippen LogP contribution is -2.17. The molecule has 0 atom stereocenters. The predicted octanol–water partition coefficient (Wildman–Crippen LogP) is 2.84. The molecule has 3 rings (SSSR count). The van der Waals surface area contributed by atoms with E-state index >= 15 is 0 Å². The predicted molar refractivity (Wildman–Crippen MR) is 86.4 cm³/mol. The molecule has 6 nitrogen and oxygen atoms in total. The minimum Gasteiger partial charge on any atom is -0.394 e. The van der Waals surface area contributed by atoms with E-state index in [9.17, 15) is 4.79 Å². The summed E-state index contributed by atoms with van der Waals surface area (Å²) >= 11 is 7.36. The summed E-state index contributed by atoms with van der Waals surface area (Å²) in [5, 5.41) is 18.8. The highest BCUT2D eigenvalue weighted by Gasteiger charge is 2.14. The summed E-state index contributed by atoms with van der Waals surface area (Å²) in [5.41, 5.74) is 1.11. The van der Waals surface area contributed by atoms with Gasteiger partial charge in [0.1, 0.15) is 17.2 Å². The largest absolute Gasteiger partial charge is 0.394 e. The molecule has 3 heterocycles. The molecule has 8 heteroatoms. The number of anilines is 1. The fraction of sp³-hybridized carbons (Fsp3) is 0.143. The summed E-state index contributed by atoms with van der Waals surface area (Å²) in [4.78, 5) is 16.0. The summed E-state index contributed by atoms with van der Waals surface area (Å²) in [6, 6.07) is 7.21. The van der Waals surface area contributed by atoms with Crippen molar-refractivity contribution in [2.75, 3.05) is 11.9 Å². The van der Waals surface area contributed by atoms with Gasteiger partial charge in [0.25, 0.3) is 5.91 Å². The number of nitrogens with zero attached hydrogens (tertiary/aromatic N) is 2. The monoisotopic (exact) mass is 336 g/mol. The maximum Gasteiger partial charge on any atom is 0.273 e. The molecular formula is C14H13ClN4O2S. The molecule has 0 aromatic carbocycles. The van der Waals surface area contributed by atoms with Crippen LogP contribution in [0.3, 0.4) is 0 Å². The Hall–Kier alpha value is -2.09. The second-order valence-electron chi connectivity index (χ2n) is 4.52. The Bertz CT molecular complexity index is 779. The lowest BCUT2D eigenvalue weighted by atomic mass is 10.3. The normalized spacial score (nSPS) is 10.8. The zero-order chi connectivity index (χ0) is 15.5. The first-order chi connectivity index (χ1) is 10.7. The third kappa shape index (κ3) is 3.06. The average Bonchev–Trinajstić information content (AvgIpc) is 3.20. The van der Waals surface area contributed by atoms with Crippen LogP contribution in [0.2, 0.25) is 5.02 Å². The van der Waals surface area contributed by atoms with E-state index in [0.717, 1.165) is 10.6 Å². The van der Waals surface area contributed by atoms with Crippen molar-refractivity contribution in [1.29, 1.82) is 0 Å². The minimum absolute atomic E-state index is 0.0667. The molecule has 1 amide bonds. The fourth-order valence-corrected chi connectivity index (χ4v) is 2.85. The topological polar surface area (TPSA) is 82.9 Å². The molecule has 3 N–H and O–H groups in total. The first-order valence-corrected chi connectivity index (χ1v) is 7.81. The van der Waals surface area contributed by atoms with Gasteiger partial charge in [-0.15, -0.1) is 11.3 Å². The van der Waals surface area contributed by atoms with E-state index in [1.807, 2.05) is 17.5 Å². The number of thiophene rings is 1. The quantitative estimate of drug-likeness (QED) is 0.670. The van der Waals surface area contributed by atoms with Gasteiger partial charge in [0.2, 0.25) is 0 Å². The van der Waals surface area contributed by atoms with Crippen LogP contribution < -0.4 is 5.32 Å². The van der Waals surface area contributed by atoms with Crippen LogP contribution in [0.15, 0.2) is 35.8 Å². The molecule has 0 saturated carbocycles. The molecule has 0 fully saturated rings. The molecule has 0 aliphatic rings. The number of rotatable bonds is 5. The number of aliphatic hydroxyl groups excluding tert-OH is 1. The standard InChI is InChI=1S/C14H13ClN4O2S/c15-9-6-11(16-8-9)14(21)17-13-7-10(12-2-1-5-22-12)18-19(13)3-4-20/h1-2,5-8,16,20H,3-4H2,(H,17,21). The summed E-state index contributed by atoms with van der Waals surface area (Å²) in [6.07, 6.45) is 1.54. The van der Waals surface area contributed by atoms with Crippen molar-refractivity contribution in [3.05, 3.63) is 46.6 Å². The molecule has 22 heavy (non-hydrogen) atoms. The highest BCUT2D eigenvalue weighted by molar-refractivity contribution is 7.13. The Morgan fingerprint density at radius 3 is 3.00 bits per heavy atom. The molecule has 0 aliphatic heterocycles. The van der Waals surface area contributed by atoms with Crippen LogP contribution in [0.4, 0.5) is 5.82 Å². The number of H-pyrrole nitrogens is 1. The van der Waals surface area contributed by atoms with Gasteiger partial charge >= 0.3 is 0 Å². The number of carbonyl (C=O) groups excluding carboxylic acids is 1. The molecule has 0 saturated heterocycles. The Morgan fingerprint density at radius 1 is 1.50 bits per heavy atom. The Balaban J connectivity index is 1.87. The number of nitrogens with one attached hydrogen (secondary N) is 2. The molecule has 0 radical (unpaired) electrons. The molecule has 114 valence electrons. The third-order valence-corrected chi connectivity index (χ3v) is 4.11. The van der Waals surface area contributed by atoms with Crippen molar-refractivity contribution in [1.82, 2.24) is 14.8 Å². The molecule has 0 aliphatic carbocycles. The number of hydrogen-bond donors (Lipinski definition) is 3. The SMILES string of the molecule is O=C(Nc1cc(-c2cccs2)nn1CCO)c1cc(Cl)c[nH]1. The fourth-order valence-electron chi connectivity index (χ4n) is 2.01. The third-order valence-electron chi connectivity index (χ3n) is 3.00. The van der Waals surface area contributed by atoms with Gasteiger partial charge in [-0.05, 0) is 17.5 Å². The van der Waals surface area contributed by atoms with Crippen LogP contribution in [0.5, 0.6) is 0 Å². The Labute approximate surface area is 135 Å². The number of aliphatic hydroxyl groups is 1. The molecular weight excluding hydrogens is 324 g/mol. The Kier molecular flexibility index (Phi) is 4.28. The minimum atomic E-state index is -0.316. The number of halogens is 1. The van der Waals surface area contributed by atoms with Crippen LogP contribution in [0, 0.1) is 0 Å². The number of amides is 1. The summed E-state index contributed by atoms with van der Waals surface area (Å²) in [5.74, 6) is 0.205. The van der Waals surface area contributed by atoms with E-state index in [1.54, 1.807) is 34.3 Å².